The Morgan fingerprint density at radius 1 is 0.848 bits per heavy atom. The number of sulfonamides is 1. The predicted molar refractivity (Wildman–Crippen MR) is 175 cm³/mol. The molecule has 5 rings (SSSR count). The number of urea groups is 1. The molecule has 13 heteroatoms. The van der Waals surface area contributed by atoms with Gasteiger partial charge in [0.05, 0.1) is 20.8 Å². The summed E-state index contributed by atoms with van der Waals surface area (Å²) in [5.74, 6) is 0.896. The van der Waals surface area contributed by atoms with Gasteiger partial charge in [-0.25, -0.2) is 22.9 Å². The Morgan fingerprint density at radius 2 is 1.50 bits per heavy atom. The number of benzene rings is 4. The first-order valence-corrected chi connectivity index (χ1v) is 17.2. The molecule has 0 atom stereocenters. The lowest BCUT2D eigenvalue weighted by molar-refractivity contribution is 0.101. The summed E-state index contributed by atoms with van der Waals surface area (Å²) in [7, 11) is -7.93. The van der Waals surface area contributed by atoms with Crippen LogP contribution in [0, 0.1) is 6.92 Å². The fourth-order valence-electron chi connectivity index (χ4n) is 4.53. The molecule has 0 aliphatic heterocycles. The normalized spacial score (nSPS) is 11.4. The lowest BCUT2D eigenvalue weighted by atomic mass is 10.1. The molecular formula is C33H34N4O7S2. The number of nitrogens with one attached hydrogen (secondary N) is 2. The van der Waals surface area contributed by atoms with Crippen molar-refractivity contribution in [3.63, 3.8) is 0 Å². The number of amides is 2. The summed E-state index contributed by atoms with van der Waals surface area (Å²) in [6.45, 7) is 5.70. The highest BCUT2D eigenvalue weighted by Gasteiger charge is 2.17. The van der Waals surface area contributed by atoms with Gasteiger partial charge in [0.2, 0.25) is 0 Å². The van der Waals surface area contributed by atoms with Crippen LogP contribution in [0.5, 0.6) is 0 Å². The van der Waals surface area contributed by atoms with Crippen molar-refractivity contribution < 1.29 is 31.0 Å². The molecule has 3 N–H and O–H groups in total. The molecule has 0 saturated carbocycles. The molecule has 240 valence electrons. The minimum Gasteiger partial charge on any atom is -0.337 e. The molecule has 0 saturated heterocycles. The first-order chi connectivity index (χ1) is 21.8. The second-order valence-corrected chi connectivity index (χ2v) is 13.5. The number of hydrogen-bond acceptors (Lipinski definition) is 7. The zero-order valence-electron chi connectivity index (χ0n) is 25.5. The van der Waals surface area contributed by atoms with Gasteiger partial charge in [0.15, 0.2) is 5.78 Å². The molecule has 0 aliphatic carbocycles. The Kier molecular flexibility index (Phi) is 10.7. The van der Waals surface area contributed by atoms with E-state index in [0.717, 1.165) is 40.1 Å². The SMILES string of the molecule is CCc1nc2ccc(C(C)=O)cc2n1-c1ccc(CCNC(=O)NS(=O)(=O)c2ccc(C)cc2)cc1.O=S(=O)(O)c1ccccc1. The minimum absolute atomic E-state index is 0.00116. The van der Waals surface area contributed by atoms with Crippen molar-refractivity contribution in [3.8, 4) is 5.69 Å². The molecule has 0 unspecified atom stereocenters. The second kappa shape index (κ2) is 14.5. The largest absolute Gasteiger partial charge is 0.337 e. The molecule has 1 aromatic heterocycles. The van der Waals surface area contributed by atoms with Gasteiger partial charge in [-0.1, -0.05) is 55.0 Å². The van der Waals surface area contributed by atoms with Crippen LogP contribution in [-0.2, 0) is 33.0 Å². The molecule has 5 aromatic rings. The van der Waals surface area contributed by atoms with E-state index >= 15 is 0 Å². The van der Waals surface area contributed by atoms with Gasteiger partial charge < -0.3 is 5.32 Å². The standard InChI is InChI=1S/C27H28N4O4S.C6H6O3S/c1-4-26-29-24-14-9-21(19(3)32)17-25(24)31(26)22-10-7-20(8-11-22)15-16-28-27(33)30-36(34,35)23-12-5-18(2)6-13-23;7-10(8,9)6-4-2-1-3-5-6/h5-14,17H,4,15-16H2,1-3H3,(H2,28,30,33);1-5H,(H,7,8,9). The van der Waals surface area contributed by atoms with Gasteiger partial charge >= 0.3 is 6.03 Å². The summed E-state index contributed by atoms with van der Waals surface area (Å²) in [6, 6.07) is 26.3. The number of carbonyl (C=O) groups is 2. The van der Waals surface area contributed by atoms with E-state index in [9.17, 15) is 26.4 Å². The third-order valence-corrected chi connectivity index (χ3v) is 9.15. The van der Waals surface area contributed by atoms with E-state index in [4.69, 9.17) is 9.54 Å². The number of hydrogen-bond donors (Lipinski definition) is 3. The number of aromatic nitrogens is 2. The van der Waals surface area contributed by atoms with Crippen LogP contribution in [-0.4, -0.2) is 49.3 Å². The zero-order chi connectivity index (χ0) is 33.5. The fourth-order valence-corrected chi connectivity index (χ4v) is 5.96. The molecule has 0 spiro atoms. The Morgan fingerprint density at radius 3 is 2.07 bits per heavy atom. The van der Waals surface area contributed by atoms with Crippen molar-refractivity contribution in [1.29, 1.82) is 0 Å². The van der Waals surface area contributed by atoms with E-state index in [2.05, 4.69) is 5.32 Å². The molecule has 4 aromatic carbocycles. The minimum atomic E-state index is -4.00. The monoisotopic (exact) mass is 662 g/mol. The maximum Gasteiger partial charge on any atom is 0.328 e. The van der Waals surface area contributed by atoms with Crippen molar-refractivity contribution in [1.82, 2.24) is 19.6 Å². The first kappa shape index (κ1) is 34.0. The molecular weight excluding hydrogens is 629 g/mol. The molecule has 0 fully saturated rings. The molecule has 0 radical (unpaired) electrons. The van der Waals surface area contributed by atoms with Gasteiger partial charge in [0, 0.05) is 24.2 Å². The van der Waals surface area contributed by atoms with Crippen molar-refractivity contribution >= 4 is 43.0 Å². The summed E-state index contributed by atoms with van der Waals surface area (Å²) < 4.78 is 58.0. The quantitative estimate of drug-likeness (QED) is 0.142. The molecule has 1 heterocycles. The maximum atomic E-state index is 12.3. The van der Waals surface area contributed by atoms with Crippen molar-refractivity contribution in [2.24, 2.45) is 0 Å². The first-order valence-electron chi connectivity index (χ1n) is 14.3. The number of Topliss-reactive ketones (excluding diaryl/α,β-unsaturated/α-hetero) is 1. The summed E-state index contributed by atoms with van der Waals surface area (Å²) in [6.07, 6.45) is 1.26. The predicted octanol–water partition coefficient (Wildman–Crippen LogP) is 5.26. The zero-order valence-corrected chi connectivity index (χ0v) is 27.1. The highest BCUT2D eigenvalue weighted by atomic mass is 32.2. The number of carbonyl (C=O) groups excluding carboxylic acids is 2. The van der Waals surface area contributed by atoms with Gasteiger partial charge in [-0.3, -0.25) is 13.9 Å². The van der Waals surface area contributed by atoms with Crippen molar-refractivity contribution in [3.05, 3.63) is 120 Å². The Labute approximate surface area is 268 Å². The summed E-state index contributed by atoms with van der Waals surface area (Å²) in [5, 5.41) is 2.59. The van der Waals surface area contributed by atoms with E-state index in [1.807, 2.05) is 59.5 Å². The van der Waals surface area contributed by atoms with Gasteiger partial charge in [0.25, 0.3) is 20.1 Å². The van der Waals surface area contributed by atoms with Crippen LogP contribution in [0.3, 0.4) is 0 Å². The van der Waals surface area contributed by atoms with E-state index < -0.39 is 26.2 Å². The molecule has 0 aliphatic rings. The Balaban J connectivity index is 0.000000409. The fraction of sp³-hybridized carbons (Fsp3) is 0.182. The third kappa shape index (κ3) is 8.65. The maximum absolute atomic E-state index is 12.3. The number of imidazole rings is 1. The topological polar surface area (TPSA) is 165 Å². The van der Waals surface area contributed by atoms with Crippen LogP contribution in [0.4, 0.5) is 4.79 Å². The lowest BCUT2D eigenvalue weighted by Gasteiger charge is -2.11. The van der Waals surface area contributed by atoms with Gasteiger partial charge in [-0.2, -0.15) is 8.42 Å². The van der Waals surface area contributed by atoms with Gasteiger partial charge in [-0.15, -0.1) is 0 Å². The van der Waals surface area contributed by atoms with Crippen LogP contribution < -0.4 is 10.0 Å². The van der Waals surface area contributed by atoms with E-state index in [1.54, 1.807) is 43.3 Å². The number of rotatable bonds is 9. The van der Waals surface area contributed by atoms with E-state index in [0.29, 0.717) is 12.0 Å². The molecule has 2 amide bonds. The van der Waals surface area contributed by atoms with Crippen molar-refractivity contribution in [2.45, 2.75) is 43.4 Å². The van der Waals surface area contributed by atoms with Crippen LogP contribution in [0.1, 0.15) is 41.2 Å². The number of nitrogens with zero attached hydrogens (tertiary/aromatic N) is 2. The highest BCUT2D eigenvalue weighted by Crippen LogP contribution is 2.24. The highest BCUT2D eigenvalue weighted by molar-refractivity contribution is 7.90. The van der Waals surface area contributed by atoms with Gasteiger partial charge in [-0.05, 0) is 80.4 Å². The molecule has 46 heavy (non-hydrogen) atoms. The number of ketones is 1. The number of aryl methyl sites for hydroxylation is 2. The van der Waals surface area contributed by atoms with Crippen LogP contribution in [0.25, 0.3) is 16.7 Å². The summed E-state index contributed by atoms with van der Waals surface area (Å²) in [4.78, 5) is 28.7. The average Bonchev–Trinajstić information content (AvgIpc) is 3.40. The molecule has 0 bridgehead atoms. The van der Waals surface area contributed by atoms with Crippen LogP contribution in [0.2, 0.25) is 0 Å². The average molecular weight is 663 g/mol. The summed E-state index contributed by atoms with van der Waals surface area (Å²) >= 11 is 0. The van der Waals surface area contributed by atoms with Crippen molar-refractivity contribution in [2.75, 3.05) is 6.54 Å². The Hall–Kier alpha value is -4.85. The third-order valence-electron chi connectivity index (χ3n) is 6.94. The summed E-state index contributed by atoms with van der Waals surface area (Å²) in [5.41, 5.74) is 5.17. The Bertz CT molecular complexity index is 2060. The van der Waals surface area contributed by atoms with Crippen LogP contribution in [0.15, 0.2) is 107 Å². The van der Waals surface area contributed by atoms with Crippen LogP contribution >= 0.6 is 0 Å². The second-order valence-electron chi connectivity index (χ2n) is 10.4. The smallest absolute Gasteiger partial charge is 0.328 e. The number of fused-ring (bicyclic) bond motifs is 1. The van der Waals surface area contributed by atoms with E-state index in [-0.39, 0.29) is 22.1 Å². The lowest BCUT2D eigenvalue weighted by Crippen LogP contribution is -2.40. The molecule has 11 nitrogen and oxygen atoms in total. The van der Waals surface area contributed by atoms with Gasteiger partial charge in [0.1, 0.15) is 5.82 Å². The van der Waals surface area contributed by atoms with E-state index in [1.165, 1.54) is 24.3 Å².